The van der Waals surface area contributed by atoms with E-state index >= 15 is 0 Å². The number of aryl methyl sites for hydroxylation is 4. The number of nitrogens with two attached hydrogens (primary N) is 1. The Morgan fingerprint density at radius 2 is 1.74 bits per heavy atom. The van der Waals surface area contributed by atoms with Crippen molar-refractivity contribution in [2.75, 3.05) is 5.32 Å². The number of amides is 2. The van der Waals surface area contributed by atoms with Crippen molar-refractivity contribution >= 4 is 28.4 Å². The third-order valence-corrected chi connectivity index (χ3v) is 6.69. The minimum Gasteiger partial charge on any atom is -0.366 e. The molecule has 39 heavy (non-hydrogen) atoms. The number of carbonyl (C=O) groups excluding carboxylic acids is 2. The zero-order valence-electron chi connectivity index (χ0n) is 21.9. The maximum absolute atomic E-state index is 13.5. The van der Waals surface area contributed by atoms with Gasteiger partial charge in [0.25, 0.3) is 11.5 Å². The summed E-state index contributed by atoms with van der Waals surface area (Å²) < 4.78 is 6.11. The molecular weight excluding hydrogens is 498 g/mol. The van der Waals surface area contributed by atoms with Crippen LogP contribution in [0.25, 0.3) is 27.8 Å². The molecule has 3 aromatic heterocycles. The number of hydrogen-bond acceptors (Lipinski definition) is 5. The van der Waals surface area contributed by atoms with Crippen LogP contribution in [0.2, 0.25) is 0 Å². The first kappa shape index (κ1) is 25.5. The number of primary amides is 1. The molecule has 0 fully saturated rings. The van der Waals surface area contributed by atoms with Gasteiger partial charge in [-0.25, -0.2) is 14.0 Å². The van der Waals surface area contributed by atoms with Crippen LogP contribution in [-0.4, -0.2) is 35.3 Å². The van der Waals surface area contributed by atoms with Crippen LogP contribution in [0.4, 0.5) is 5.69 Å². The molecule has 5 aromatic rings. The van der Waals surface area contributed by atoms with Crippen LogP contribution in [0.3, 0.4) is 0 Å². The molecule has 0 saturated carbocycles. The molecule has 0 bridgehead atoms. The van der Waals surface area contributed by atoms with Gasteiger partial charge in [-0.2, -0.15) is 5.10 Å². The summed E-state index contributed by atoms with van der Waals surface area (Å²) in [5.41, 5.74) is 8.10. The molecule has 3 heterocycles. The minimum absolute atomic E-state index is 0.0123. The predicted molar refractivity (Wildman–Crippen MR) is 148 cm³/mol. The molecule has 2 amide bonds. The normalized spacial score (nSPS) is 11.2. The van der Waals surface area contributed by atoms with Gasteiger partial charge < -0.3 is 20.2 Å². The molecule has 0 aliphatic carbocycles. The first-order valence-corrected chi connectivity index (χ1v) is 12.3. The fourth-order valence-corrected chi connectivity index (χ4v) is 4.87. The second-order valence-electron chi connectivity index (χ2n) is 9.23. The number of anilines is 1. The smallest absolute Gasteiger partial charge is 0.350 e. The molecule has 0 aliphatic heterocycles. The first-order chi connectivity index (χ1) is 18.6. The third kappa shape index (κ3) is 4.33. The van der Waals surface area contributed by atoms with Gasteiger partial charge in [-0.05, 0) is 55.8 Å². The summed E-state index contributed by atoms with van der Waals surface area (Å²) in [5.74, 6) is -0.641. The lowest BCUT2D eigenvalue weighted by molar-refractivity contribution is 0.0996. The molecule has 198 valence electrons. The number of hydrogen-bond donors (Lipinski definition) is 2. The molecule has 5 rings (SSSR count). The molecule has 3 N–H and O–H groups in total. The molecule has 0 saturated heterocycles. The lowest BCUT2D eigenvalue weighted by Crippen LogP contribution is -2.28. The second-order valence-corrected chi connectivity index (χ2v) is 9.23. The van der Waals surface area contributed by atoms with Crippen LogP contribution in [0.5, 0.6) is 0 Å². The van der Waals surface area contributed by atoms with Crippen LogP contribution >= 0.6 is 0 Å². The molecular formula is C28H27N7O4. The number of nitrogens with one attached hydrogen (secondary N) is 1. The van der Waals surface area contributed by atoms with Crippen LogP contribution in [-0.2, 0) is 20.6 Å². The zero-order valence-corrected chi connectivity index (χ0v) is 21.9. The van der Waals surface area contributed by atoms with Gasteiger partial charge in [0.1, 0.15) is 11.4 Å². The lowest BCUT2D eigenvalue weighted by Gasteiger charge is -2.13. The molecule has 11 nitrogen and oxygen atoms in total. The van der Waals surface area contributed by atoms with E-state index in [1.165, 1.54) is 19.9 Å². The van der Waals surface area contributed by atoms with Crippen LogP contribution in [0.15, 0.2) is 70.4 Å². The largest absolute Gasteiger partial charge is 0.366 e. The summed E-state index contributed by atoms with van der Waals surface area (Å²) in [6.45, 7) is 4.19. The summed E-state index contributed by atoms with van der Waals surface area (Å²) in [4.78, 5) is 50.8. The number of aromatic nitrogens is 5. The zero-order chi connectivity index (χ0) is 28.0. The Morgan fingerprint density at radius 3 is 2.36 bits per heavy atom. The Balaban J connectivity index is 1.61. The standard InChI is InChI=1S/C28H27N7O4/c1-5-34-22(17-9-11-21(12-10-17)35-16(2)31-33(4)28(35)39)14-19-15-32(3)27(38)23(24(19)34)26(37)30-20-8-6-7-18(13-20)25(29)36/h6-15H,5H2,1-4H3,(H2,29,36)(H,30,37). The van der Waals surface area contributed by atoms with Gasteiger partial charge in [0.15, 0.2) is 0 Å². The van der Waals surface area contributed by atoms with E-state index in [9.17, 15) is 19.2 Å². The van der Waals surface area contributed by atoms with E-state index in [0.717, 1.165) is 11.3 Å². The molecule has 0 atom stereocenters. The van der Waals surface area contributed by atoms with Gasteiger partial charge in [0.05, 0.1) is 11.2 Å². The van der Waals surface area contributed by atoms with Gasteiger partial charge in [0.2, 0.25) is 5.91 Å². The Kier molecular flexibility index (Phi) is 6.27. The van der Waals surface area contributed by atoms with Crippen molar-refractivity contribution in [3.63, 3.8) is 0 Å². The van der Waals surface area contributed by atoms with Crippen molar-refractivity contribution in [1.29, 1.82) is 0 Å². The maximum Gasteiger partial charge on any atom is 0.350 e. The SMILES string of the molecule is CCn1c(-c2ccc(-n3c(C)nn(C)c3=O)cc2)cc2cn(C)c(=O)c(C(=O)Nc3cccc(C(N)=O)c3)c21. The Morgan fingerprint density at radius 1 is 1.03 bits per heavy atom. The van der Waals surface area contributed by atoms with E-state index in [0.29, 0.717) is 34.6 Å². The molecule has 2 aromatic carbocycles. The van der Waals surface area contributed by atoms with E-state index in [1.807, 2.05) is 41.8 Å². The average Bonchev–Trinajstić information content (AvgIpc) is 3.39. The molecule has 0 spiro atoms. The Bertz CT molecular complexity index is 1890. The highest BCUT2D eigenvalue weighted by Crippen LogP contribution is 2.30. The summed E-state index contributed by atoms with van der Waals surface area (Å²) in [5, 5.41) is 7.63. The topological polar surface area (TPSA) is 139 Å². The van der Waals surface area contributed by atoms with E-state index in [1.54, 1.807) is 45.4 Å². The Labute approximate surface area is 222 Å². The molecule has 0 aliphatic rings. The summed E-state index contributed by atoms with van der Waals surface area (Å²) in [6, 6.07) is 15.6. The van der Waals surface area contributed by atoms with E-state index in [4.69, 9.17) is 5.73 Å². The van der Waals surface area contributed by atoms with Crippen molar-refractivity contribution in [2.24, 2.45) is 19.8 Å². The van der Waals surface area contributed by atoms with Gasteiger partial charge in [-0.15, -0.1) is 0 Å². The van der Waals surface area contributed by atoms with Gasteiger partial charge in [-0.1, -0.05) is 18.2 Å². The van der Waals surface area contributed by atoms with Crippen LogP contribution in [0.1, 0.15) is 33.5 Å². The number of nitrogens with zero attached hydrogens (tertiary/aromatic N) is 5. The fraction of sp³-hybridized carbons (Fsp3) is 0.179. The monoisotopic (exact) mass is 525 g/mol. The van der Waals surface area contributed by atoms with Gasteiger partial charge in [0, 0.05) is 49.2 Å². The highest BCUT2D eigenvalue weighted by atomic mass is 16.2. The third-order valence-electron chi connectivity index (χ3n) is 6.69. The number of fused-ring (bicyclic) bond motifs is 1. The van der Waals surface area contributed by atoms with Gasteiger partial charge >= 0.3 is 5.69 Å². The van der Waals surface area contributed by atoms with E-state index in [-0.39, 0.29) is 16.8 Å². The summed E-state index contributed by atoms with van der Waals surface area (Å²) in [6.07, 6.45) is 1.70. The van der Waals surface area contributed by atoms with Crippen molar-refractivity contribution in [3.05, 3.63) is 98.6 Å². The van der Waals surface area contributed by atoms with Crippen LogP contribution in [0, 0.1) is 6.92 Å². The van der Waals surface area contributed by atoms with Crippen LogP contribution < -0.4 is 22.3 Å². The second kappa shape index (κ2) is 9.60. The lowest BCUT2D eigenvalue weighted by atomic mass is 10.1. The summed E-state index contributed by atoms with van der Waals surface area (Å²) in [7, 11) is 3.20. The van der Waals surface area contributed by atoms with Crippen molar-refractivity contribution < 1.29 is 9.59 Å². The Hall–Kier alpha value is -5.19. The van der Waals surface area contributed by atoms with Crippen molar-refractivity contribution in [2.45, 2.75) is 20.4 Å². The molecule has 0 unspecified atom stereocenters. The summed E-state index contributed by atoms with van der Waals surface area (Å²) >= 11 is 0. The highest BCUT2D eigenvalue weighted by molar-refractivity contribution is 6.12. The molecule has 0 radical (unpaired) electrons. The highest BCUT2D eigenvalue weighted by Gasteiger charge is 2.23. The average molecular weight is 526 g/mol. The predicted octanol–water partition coefficient (Wildman–Crippen LogP) is 2.57. The minimum atomic E-state index is -0.622. The maximum atomic E-state index is 13.5. The number of benzene rings is 2. The van der Waals surface area contributed by atoms with E-state index < -0.39 is 17.4 Å². The van der Waals surface area contributed by atoms with Crippen molar-refractivity contribution in [1.82, 2.24) is 23.5 Å². The number of pyridine rings is 1. The van der Waals surface area contributed by atoms with E-state index in [2.05, 4.69) is 10.4 Å². The quantitative estimate of drug-likeness (QED) is 0.351. The first-order valence-electron chi connectivity index (χ1n) is 12.3. The fourth-order valence-electron chi connectivity index (χ4n) is 4.87. The van der Waals surface area contributed by atoms with Crippen molar-refractivity contribution in [3.8, 4) is 16.9 Å². The number of carbonyl (C=O) groups is 2. The number of rotatable bonds is 6. The molecule has 11 heteroatoms. The van der Waals surface area contributed by atoms with Gasteiger partial charge in [-0.3, -0.25) is 14.4 Å².